The van der Waals surface area contributed by atoms with E-state index in [4.69, 9.17) is 5.73 Å². The second-order valence-corrected chi connectivity index (χ2v) is 6.36. The molecule has 1 aromatic rings. The Bertz CT molecular complexity index is 320. The second-order valence-electron chi connectivity index (χ2n) is 4.24. The lowest BCUT2D eigenvalue weighted by Crippen LogP contribution is -2.41. The number of thioether (sulfide) groups is 1. The molecule has 0 radical (unpaired) electrons. The Morgan fingerprint density at radius 1 is 1.69 bits per heavy atom. The van der Waals surface area contributed by atoms with Crippen LogP contribution in [-0.4, -0.2) is 32.4 Å². The molecule has 2 atom stereocenters. The maximum Gasteiger partial charge on any atom is 0.169 e. The van der Waals surface area contributed by atoms with E-state index in [0.717, 1.165) is 35.8 Å². The molecule has 1 aromatic heterocycles. The molecule has 1 aliphatic rings. The first-order chi connectivity index (χ1) is 7.74. The quantitative estimate of drug-likeness (QED) is 0.784. The van der Waals surface area contributed by atoms with Crippen LogP contribution in [0.15, 0.2) is 10.7 Å². The first kappa shape index (κ1) is 12.3. The monoisotopic (exact) mass is 259 g/mol. The van der Waals surface area contributed by atoms with E-state index in [1.165, 1.54) is 11.5 Å². The van der Waals surface area contributed by atoms with Gasteiger partial charge in [0.2, 0.25) is 0 Å². The summed E-state index contributed by atoms with van der Waals surface area (Å²) in [4.78, 5) is 4.12. The van der Waals surface area contributed by atoms with Gasteiger partial charge in [0.05, 0.1) is 5.60 Å². The number of nitrogens with two attached hydrogens (primary N) is 1. The van der Waals surface area contributed by atoms with Crippen molar-refractivity contribution in [3.63, 3.8) is 0 Å². The molecular weight excluding hydrogens is 242 g/mol. The third-order valence-electron chi connectivity index (χ3n) is 3.31. The number of hydrogen-bond donors (Lipinski definition) is 2. The van der Waals surface area contributed by atoms with Gasteiger partial charge in [0.1, 0.15) is 6.33 Å². The molecule has 0 amide bonds. The van der Waals surface area contributed by atoms with Crippen LogP contribution in [0.5, 0.6) is 0 Å². The number of aromatic nitrogens is 2. The lowest BCUT2D eigenvalue weighted by molar-refractivity contribution is 0.0104. The summed E-state index contributed by atoms with van der Waals surface area (Å²) in [5, 5.41) is 10.3. The first-order valence-corrected chi connectivity index (χ1v) is 7.32. The fourth-order valence-corrected chi connectivity index (χ4v) is 3.89. The van der Waals surface area contributed by atoms with Crippen molar-refractivity contribution in [2.24, 2.45) is 11.7 Å². The zero-order chi connectivity index (χ0) is 11.4. The maximum atomic E-state index is 10.3. The first-order valence-electron chi connectivity index (χ1n) is 5.56. The Labute approximate surface area is 104 Å². The van der Waals surface area contributed by atoms with Gasteiger partial charge in [-0.05, 0) is 36.7 Å². The molecular formula is C10H17N3OS2. The Morgan fingerprint density at radius 2 is 2.56 bits per heavy atom. The predicted molar refractivity (Wildman–Crippen MR) is 66.6 cm³/mol. The molecule has 90 valence electrons. The standard InChI is InChI=1S/C10H17N3OS2/c11-6-10(14)4-1-2-8(10)3-5-15-9-12-7-13-16-9/h7-8,14H,1-6,11H2. The molecule has 1 saturated carbocycles. The Balaban J connectivity index is 1.77. The predicted octanol–water partition coefficient (Wildman–Crippen LogP) is 1.51. The topological polar surface area (TPSA) is 72.0 Å². The summed E-state index contributed by atoms with van der Waals surface area (Å²) >= 11 is 3.14. The summed E-state index contributed by atoms with van der Waals surface area (Å²) in [6, 6.07) is 0. The van der Waals surface area contributed by atoms with Gasteiger partial charge in [-0.3, -0.25) is 0 Å². The molecule has 2 unspecified atom stereocenters. The largest absolute Gasteiger partial charge is 0.388 e. The Morgan fingerprint density at radius 3 is 3.25 bits per heavy atom. The van der Waals surface area contributed by atoms with Gasteiger partial charge < -0.3 is 10.8 Å². The maximum absolute atomic E-state index is 10.3. The van der Waals surface area contributed by atoms with Crippen LogP contribution in [0.2, 0.25) is 0 Å². The molecule has 1 fully saturated rings. The van der Waals surface area contributed by atoms with Crippen LogP contribution in [0.25, 0.3) is 0 Å². The molecule has 0 aromatic carbocycles. The van der Waals surface area contributed by atoms with Gasteiger partial charge >= 0.3 is 0 Å². The summed E-state index contributed by atoms with van der Waals surface area (Å²) in [5.74, 6) is 1.35. The molecule has 4 nitrogen and oxygen atoms in total. The third-order valence-corrected chi connectivity index (χ3v) is 5.14. The molecule has 0 spiro atoms. The number of aliphatic hydroxyl groups is 1. The van der Waals surface area contributed by atoms with Crippen molar-refractivity contribution in [1.82, 2.24) is 9.36 Å². The molecule has 6 heteroatoms. The highest BCUT2D eigenvalue weighted by Crippen LogP contribution is 2.38. The third kappa shape index (κ3) is 2.74. The lowest BCUT2D eigenvalue weighted by Gasteiger charge is -2.28. The van der Waals surface area contributed by atoms with Crippen molar-refractivity contribution in [3.8, 4) is 0 Å². The van der Waals surface area contributed by atoms with Gasteiger partial charge in [-0.15, -0.1) is 0 Å². The van der Waals surface area contributed by atoms with E-state index in [0.29, 0.717) is 12.5 Å². The highest BCUT2D eigenvalue weighted by atomic mass is 32.2. The van der Waals surface area contributed by atoms with Crippen molar-refractivity contribution in [2.45, 2.75) is 35.6 Å². The summed E-state index contributed by atoms with van der Waals surface area (Å²) in [5.41, 5.74) is 5.04. The van der Waals surface area contributed by atoms with Gasteiger partial charge in [0.25, 0.3) is 0 Å². The Hall–Kier alpha value is -0.170. The van der Waals surface area contributed by atoms with Crippen LogP contribution in [0.1, 0.15) is 25.7 Å². The molecule has 2 rings (SSSR count). The van der Waals surface area contributed by atoms with Crippen LogP contribution in [-0.2, 0) is 0 Å². The lowest BCUT2D eigenvalue weighted by atomic mass is 9.89. The van der Waals surface area contributed by atoms with Crippen molar-refractivity contribution in [2.75, 3.05) is 12.3 Å². The SMILES string of the molecule is NCC1(O)CCCC1CCSc1ncns1. The van der Waals surface area contributed by atoms with Gasteiger partial charge in [-0.25, -0.2) is 4.98 Å². The van der Waals surface area contributed by atoms with Gasteiger partial charge in [0.15, 0.2) is 4.34 Å². The minimum Gasteiger partial charge on any atom is -0.388 e. The number of rotatable bonds is 5. The van der Waals surface area contributed by atoms with Crippen LogP contribution >= 0.6 is 23.3 Å². The molecule has 1 aliphatic carbocycles. The fourth-order valence-electron chi connectivity index (χ4n) is 2.32. The number of hydrogen-bond acceptors (Lipinski definition) is 6. The van der Waals surface area contributed by atoms with E-state index in [1.54, 1.807) is 18.1 Å². The minimum absolute atomic E-state index is 0.359. The summed E-state index contributed by atoms with van der Waals surface area (Å²) < 4.78 is 4.97. The minimum atomic E-state index is -0.609. The zero-order valence-electron chi connectivity index (χ0n) is 9.13. The van der Waals surface area contributed by atoms with Crippen LogP contribution in [0.3, 0.4) is 0 Å². The number of nitrogens with zero attached hydrogens (tertiary/aromatic N) is 2. The van der Waals surface area contributed by atoms with E-state index in [-0.39, 0.29) is 0 Å². The Kier molecular flexibility index (Phi) is 4.18. The van der Waals surface area contributed by atoms with Crippen LogP contribution < -0.4 is 5.73 Å². The van der Waals surface area contributed by atoms with E-state index >= 15 is 0 Å². The second kappa shape index (κ2) is 5.44. The smallest absolute Gasteiger partial charge is 0.169 e. The molecule has 16 heavy (non-hydrogen) atoms. The molecule has 3 N–H and O–H groups in total. The van der Waals surface area contributed by atoms with Crippen molar-refractivity contribution in [1.29, 1.82) is 0 Å². The summed E-state index contributed by atoms with van der Waals surface area (Å²) in [6.07, 6.45) is 5.65. The van der Waals surface area contributed by atoms with Gasteiger partial charge in [0, 0.05) is 12.3 Å². The van der Waals surface area contributed by atoms with Crippen LogP contribution in [0, 0.1) is 5.92 Å². The van der Waals surface area contributed by atoms with Crippen LogP contribution in [0.4, 0.5) is 0 Å². The van der Waals surface area contributed by atoms with Crippen molar-refractivity contribution in [3.05, 3.63) is 6.33 Å². The average Bonchev–Trinajstić information content (AvgIpc) is 2.90. The van der Waals surface area contributed by atoms with E-state index in [9.17, 15) is 5.11 Å². The zero-order valence-corrected chi connectivity index (χ0v) is 10.8. The van der Waals surface area contributed by atoms with Gasteiger partial charge in [-0.2, -0.15) is 4.37 Å². The fraction of sp³-hybridized carbons (Fsp3) is 0.800. The normalized spacial score (nSPS) is 29.8. The molecule has 0 saturated heterocycles. The van der Waals surface area contributed by atoms with E-state index in [1.807, 2.05) is 0 Å². The summed E-state index contributed by atoms with van der Waals surface area (Å²) in [7, 11) is 0. The van der Waals surface area contributed by atoms with Crippen molar-refractivity contribution < 1.29 is 5.11 Å². The highest BCUT2D eigenvalue weighted by Gasteiger charge is 2.39. The molecule has 1 heterocycles. The average molecular weight is 259 g/mol. The molecule has 0 bridgehead atoms. The van der Waals surface area contributed by atoms with Crippen molar-refractivity contribution >= 4 is 23.3 Å². The molecule has 0 aliphatic heterocycles. The summed E-state index contributed by atoms with van der Waals surface area (Å²) in [6.45, 7) is 0.390. The highest BCUT2D eigenvalue weighted by molar-refractivity contribution is 8.00. The van der Waals surface area contributed by atoms with E-state index < -0.39 is 5.60 Å². The van der Waals surface area contributed by atoms with Gasteiger partial charge in [-0.1, -0.05) is 18.2 Å². The van der Waals surface area contributed by atoms with E-state index in [2.05, 4.69) is 9.36 Å².